The maximum Gasteiger partial charge on any atom is 0.352 e. The number of H-pyrrole nitrogens is 1. The molecule has 2 aromatic carbocycles. The smallest absolute Gasteiger partial charge is 0.352 e. The Balaban J connectivity index is 1.75. The quantitative estimate of drug-likeness (QED) is 0.583. The highest BCUT2D eigenvalue weighted by Crippen LogP contribution is 2.26. The van der Waals surface area contributed by atoms with Crippen molar-refractivity contribution in [2.75, 3.05) is 13.7 Å². The molecule has 0 amide bonds. The Morgan fingerprint density at radius 1 is 1.21 bits per heavy atom. The molecule has 1 heterocycles. The monoisotopic (exact) mass is 324 g/mol. The Labute approximate surface area is 140 Å². The van der Waals surface area contributed by atoms with Gasteiger partial charge in [-0.3, -0.25) is 0 Å². The average molecular weight is 324 g/mol. The normalized spacial score (nSPS) is 10.9. The summed E-state index contributed by atoms with van der Waals surface area (Å²) in [5, 5.41) is 13.7. The first kappa shape index (κ1) is 16.1. The molecule has 5 nitrogen and oxygen atoms in total. The number of aromatic amines is 1. The number of carboxylic acids is 1. The fourth-order valence-electron chi connectivity index (χ4n) is 2.82. The van der Waals surface area contributed by atoms with Crippen molar-refractivity contribution in [2.45, 2.75) is 13.0 Å². The van der Waals surface area contributed by atoms with Gasteiger partial charge in [-0.05, 0) is 30.7 Å². The van der Waals surface area contributed by atoms with Gasteiger partial charge in [-0.25, -0.2) is 4.79 Å². The van der Waals surface area contributed by atoms with Gasteiger partial charge in [-0.1, -0.05) is 30.3 Å². The van der Waals surface area contributed by atoms with Crippen molar-refractivity contribution < 1.29 is 14.6 Å². The van der Waals surface area contributed by atoms with E-state index in [0.717, 1.165) is 29.4 Å². The highest BCUT2D eigenvalue weighted by atomic mass is 16.5. The molecule has 3 N–H and O–H groups in total. The van der Waals surface area contributed by atoms with Crippen molar-refractivity contribution in [3.63, 3.8) is 0 Å². The van der Waals surface area contributed by atoms with Crippen molar-refractivity contribution >= 4 is 16.9 Å². The maximum atomic E-state index is 11.5. The van der Waals surface area contributed by atoms with Crippen LogP contribution in [0.1, 0.15) is 21.6 Å². The van der Waals surface area contributed by atoms with Crippen LogP contribution in [0.25, 0.3) is 10.9 Å². The first-order valence-electron chi connectivity index (χ1n) is 7.85. The van der Waals surface area contributed by atoms with Gasteiger partial charge in [0.05, 0.1) is 12.6 Å². The van der Waals surface area contributed by atoms with E-state index in [1.807, 2.05) is 36.4 Å². The number of aromatic nitrogens is 1. The molecule has 124 valence electrons. The van der Waals surface area contributed by atoms with Crippen LogP contribution >= 0.6 is 0 Å². The number of hydrogen-bond acceptors (Lipinski definition) is 3. The molecule has 0 bridgehead atoms. The zero-order chi connectivity index (χ0) is 16.9. The van der Waals surface area contributed by atoms with Crippen molar-refractivity contribution in [3.8, 4) is 5.75 Å². The van der Waals surface area contributed by atoms with E-state index in [1.165, 1.54) is 5.56 Å². The molecule has 0 aliphatic rings. The van der Waals surface area contributed by atoms with Crippen molar-refractivity contribution in [1.82, 2.24) is 10.3 Å². The van der Waals surface area contributed by atoms with Crippen molar-refractivity contribution in [2.24, 2.45) is 0 Å². The molecule has 0 fully saturated rings. The Morgan fingerprint density at radius 2 is 2.00 bits per heavy atom. The summed E-state index contributed by atoms with van der Waals surface area (Å²) in [7, 11) is 1.59. The largest absolute Gasteiger partial charge is 0.497 e. The second-order valence-corrected chi connectivity index (χ2v) is 5.61. The summed E-state index contributed by atoms with van der Waals surface area (Å²) in [6, 6.07) is 15.8. The van der Waals surface area contributed by atoms with Crippen molar-refractivity contribution in [1.29, 1.82) is 0 Å². The molecule has 0 aliphatic heterocycles. The number of fused-ring (bicyclic) bond motifs is 1. The van der Waals surface area contributed by atoms with Gasteiger partial charge in [-0.2, -0.15) is 0 Å². The number of aromatic carboxylic acids is 1. The van der Waals surface area contributed by atoms with Crippen LogP contribution < -0.4 is 10.1 Å². The summed E-state index contributed by atoms with van der Waals surface area (Å²) in [5.41, 5.74) is 3.03. The average Bonchev–Trinajstić information content (AvgIpc) is 2.97. The lowest BCUT2D eigenvalue weighted by molar-refractivity contribution is 0.0690. The summed E-state index contributed by atoms with van der Waals surface area (Å²) in [6.07, 6.45) is 0.902. The predicted molar refractivity (Wildman–Crippen MR) is 93.7 cm³/mol. The number of nitrogens with one attached hydrogen (secondary N) is 2. The number of methoxy groups -OCH3 is 1. The van der Waals surface area contributed by atoms with Gasteiger partial charge >= 0.3 is 5.97 Å². The minimum Gasteiger partial charge on any atom is -0.497 e. The van der Waals surface area contributed by atoms with Gasteiger partial charge in [0.25, 0.3) is 0 Å². The van der Waals surface area contributed by atoms with Crippen LogP contribution in [0, 0.1) is 0 Å². The molecule has 0 saturated carbocycles. The molecular weight excluding hydrogens is 304 g/mol. The third-order valence-electron chi connectivity index (χ3n) is 4.06. The third kappa shape index (κ3) is 3.41. The van der Waals surface area contributed by atoms with E-state index in [4.69, 9.17) is 4.74 Å². The molecule has 5 heteroatoms. The number of carboxylic acid groups (broad SMARTS) is 1. The van der Waals surface area contributed by atoms with Crippen LogP contribution in [-0.4, -0.2) is 29.7 Å². The highest BCUT2D eigenvalue weighted by molar-refractivity contribution is 5.97. The first-order valence-corrected chi connectivity index (χ1v) is 7.85. The topological polar surface area (TPSA) is 74.3 Å². The Morgan fingerprint density at radius 3 is 2.71 bits per heavy atom. The highest BCUT2D eigenvalue weighted by Gasteiger charge is 2.17. The van der Waals surface area contributed by atoms with Gasteiger partial charge in [0.15, 0.2) is 0 Å². The minimum absolute atomic E-state index is 0.227. The molecule has 3 rings (SSSR count). The second-order valence-electron chi connectivity index (χ2n) is 5.61. The number of ether oxygens (including phenoxy) is 1. The van der Waals surface area contributed by atoms with E-state index in [1.54, 1.807) is 7.11 Å². The van der Waals surface area contributed by atoms with E-state index in [0.29, 0.717) is 12.3 Å². The minimum atomic E-state index is -0.954. The molecule has 0 aliphatic carbocycles. The van der Waals surface area contributed by atoms with Crippen molar-refractivity contribution in [3.05, 3.63) is 65.4 Å². The molecule has 0 radical (unpaired) electrons. The molecule has 1 aromatic heterocycles. The van der Waals surface area contributed by atoms with E-state index in [9.17, 15) is 9.90 Å². The van der Waals surface area contributed by atoms with Gasteiger partial charge < -0.3 is 20.1 Å². The second kappa shape index (κ2) is 7.19. The standard InChI is InChI=1S/C19H20N2O3/c1-24-14-7-8-15-16(18(19(22)23)21-17(15)11-14)12-20-10-9-13-5-3-2-4-6-13/h2-8,11,20-21H,9-10,12H2,1H3,(H,22,23). The van der Waals surface area contributed by atoms with Crippen LogP contribution in [0.2, 0.25) is 0 Å². The van der Waals surface area contributed by atoms with E-state index in [-0.39, 0.29) is 5.69 Å². The molecule has 3 aromatic rings. The zero-order valence-electron chi connectivity index (χ0n) is 13.5. The van der Waals surface area contributed by atoms with Gasteiger partial charge in [0.2, 0.25) is 0 Å². The first-order chi connectivity index (χ1) is 11.7. The lowest BCUT2D eigenvalue weighted by atomic mass is 10.1. The Hall–Kier alpha value is -2.79. The fourth-order valence-corrected chi connectivity index (χ4v) is 2.82. The van der Waals surface area contributed by atoms with E-state index in [2.05, 4.69) is 22.4 Å². The lowest BCUT2D eigenvalue weighted by Gasteiger charge is -2.06. The molecule has 24 heavy (non-hydrogen) atoms. The fraction of sp³-hybridized carbons (Fsp3) is 0.211. The third-order valence-corrected chi connectivity index (χ3v) is 4.06. The van der Waals surface area contributed by atoms with Gasteiger partial charge in [0.1, 0.15) is 11.4 Å². The van der Waals surface area contributed by atoms with Crippen LogP contribution in [-0.2, 0) is 13.0 Å². The lowest BCUT2D eigenvalue weighted by Crippen LogP contribution is -2.18. The Kier molecular flexibility index (Phi) is 4.82. The van der Waals surface area contributed by atoms with E-state index >= 15 is 0 Å². The summed E-state index contributed by atoms with van der Waals surface area (Å²) in [6.45, 7) is 1.28. The maximum absolute atomic E-state index is 11.5. The number of carbonyl (C=O) groups is 1. The summed E-state index contributed by atoms with van der Waals surface area (Å²) < 4.78 is 5.20. The molecular formula is C19H20N2O3. The SMILES string of the molecule is COc1ccc2c(CNCCc3ccccc3)c(C(=O)O)[nH]c2c1. The van der Waals surface area contributed by atoms with Crippen LogP contribution in [0.5, 0.6) is 5.75 Å². The zero-order valence-corrected chi connectivity index (χ0v) is 13.5. The van der Waals surface area contributed by atoms with Crippen LogP contribution in [0.4, 0.5) is 0 Å². The number of hydrogen-bond donors (Lipinski definition) is 3. The summed E-state index contributed by atoms with van der Waals surface area (Å²) in [5.74, 6) is -0.255. The molecule has 0 spiro atoms. The summed E-state index contributed by atoms with van der Waals surface area (Å²) >= 11 is 0. The van der Waals surface area contributed by atoms with Crippen LogP contribution in [0.3, 0.4) is 0 Å². The molecule has 0 atom stereocenters. The van der Waals surface area contributed by atoms with Crippen LogP contribution in [0.15, 0.2) is 48.5 Å². The number of benzene rings is 2. The van der Waals surface area contributed by atoms with Gasteiger partial charge in [0, 0.05) is 23.6 Å². The predicted octanol–water partition coefficient (Wildman–Crippen LogP) is 3.21. The van der Waals surface area contributed by atoms with Gasteiger partial charge in [-0.15, -0.1) is 0 Å². The number of rotatable bonds is 7. The molecule has 0 unspecified atom stereocenters. The van der Waals surface area contributed by atoms with E-state index < -0.39 is 5.97 Å². The summed E-state index contributed by atoms with van der Waals surface area (Å²) in [4.78, 5) is 14.5. The Bertz CT molecular complexity index is 840. The molecule has 0 saturated heterocycles.